The van der Waals surface area contributed by atoms with E-state index in [1.54, 1.807) is 19.2 Å². The number of nitrogens with one attached hydrogen (secondary N) is 1. The second-order valence-corrected chi connectivity index (χ2v) is 4.29. The standard InChI is InChI=1S/C13H15FN2O/c1-17-10-6-5-9(7-10)16-13-4-2-3-12(14)11(13)8-15/h2-4,9-10,16H,5-7H2,1H3. The van der Waals surface area contributed by atoms with Crippen LogP contribution in [-0.2, 0) is 4.74 Å². The predicted octanol–water partition coefficient (Wildman–Crippen LogP) is 2.68. The lowest BCUT2D eigenvalue weighted by Crippen LogP contribution is -2.18. The summed E-state index contributed by atoms with van der Waals surface area (Å²) in [7, 11) is 1.70. The Bertz CT molecular complexity index is 442. The van der Waals surface area contributed by atoms with Crippen LogP contribution >= 0.6 is 0 Å². The minimum absolute atomic E-state index is 0.0911. The van der Waals surface area contributed by atoms with E-state index in [0.717, 1.165) is 19.3 Å². The fourth-order valence-corrected chi connectivity index (χ4v) is 2.26. The van der Waals surface area contributed by atoms with Crippen molar-refractivity contribution >= 4 is 5.69 Å². The van der Waals surface area contributed by atoms with Crippen molar-refractivity contribution in [1.29, 1.82) is 5.26 Å². The van der Waals surface area contributed by atoms with Crippen molar-refractivity contribution in [1.82, 2.24) is 0 Å². The number of nitrogens with zero attached hydrogens (tertiary/aromatic N) is 1. The van der Waals surface area contributed by atoms with Crippen LogP contribution in [0.1, 0.15) is 24.8 Å². The van der Waals surface area contributed by atoms with Gasteiger partial charge in [0.2, 0.25) is 0 Å². The van der Waals surface area contributed by atoms with Crippen molar-refractivity contribution in [2.45, 2.75) is 31.4 Å². The predicted molar refractivity (Wildman–Crippen MR) is 63.2 cm³/mol. The Hall–Kier alpha value is -1.60. The lowest BCUT2D eigenvalue weighted by molar-refractivity contribution is 0.108. The van der Waals surface area contributed by atoms with E-state index in [2.05, 4.69) is 5.32 Å². The summed E-state index contributed by atoms with van der Waals surface area (Å²) < 4.78 is 18.7. The van der Waals surface area contributed by atoms with E-state index in [1.807, 2.05) is 6.07 Å². The maximum absolute atomic E-state index is 13.4. The Balaban J connectivity index is 2.10. The molecule has 0 saturated heterocycles. The molecule has 4 heteroatoms. The zero-order valence-electron chi connectivity index (χ0n) is 9.74. The Labute approximate surface area is 100 Å². The maximum atomic E-state index is 13.4. The molecule has 2 atom stereocenters. The first-order valence-electron chi connectivity index (χ1n) is 5.72. The van der Waals surface area contributed by atoms with Gasteiger partial charge in [0.05, 0.1) is 11.8 Å². The van der Waals surface area contributed by atoms with Crippen LogP contribution in [-0.4, -0.2) is 19.3 Å². The third-order valence-corrected chi connectivity index (χ3v) is 3.20. The van der Waals surface area contributed by atoms with E-state index in [9.17, 15) is 4.39 Å². The summed E-state index contributed by atoms with van der Waals surface area (Å²) in [4.78, 5) is 0. The molecule has 90 valence electrons. The average Bonchev–Trinajstić information content (AvgIpc) is 2.77. The number of hydrogen-bond donors (Lipinski definition) is 1. The molecular weight excluding hydrogens is 219 g/mol. The van der Waals surface area contributed by atoms with Gasteiger partial charge in [0, 0.05) is 13.2 Å². The van der Waals surface area contributed by atoms with Crippen LogP contribution in [0.2, 0.25) is 0 Å². The molecule has 1 aliphatic carbocycles. The molecule has 1 saturated carbocycles. The monoisotopic (exact) mass is 234 g/mol. The molecule has 1 N–H and O–H groups in total. The Morgan fingerprint density at radius 3 is 2.94 bits per heavy atom. The third kappa shape index (κ3) is 2.56. The highest BCUT2D eigenvalue weighted by Crippen LogP contribution is 2.26. The number of methoxy groups -OCH3 is 1. The minimum Gasteiger partial charge on any atom is -0.381 e. The molecule has 2 rings (SSSR count). The van der Waals surface area contributed by atoms with Crippen molar-refractivity contribution in [3.8, 4) is 6.07 Å². The van der Waals surface area contributed by atoms with Crippen molar-refractivity contribution in [2.75, 3.05) is 12.4 Å². The van der Waals surface area contributed by atoms with Gasteiger partial charge in [0.15, 0.2) is 0 Å². The van der Waals surface area contributed by atoms with Gasteiger partial charge in [-0.2, -0.15) is 5.26 Å². The lowest BCUT2D eigenvalue weighted by Gasteiger charge is -2.15. The summed E-state index contributed by atoms with van der Waals surface area (Å²) >= 11 is 0. The molecule has 0 amide bonds. The van der Waals surface area contributed by atoms with Crippen molar-refractivity contribution < 1.29 is 9.13 Å². The molecule has 0 radical (unpaired) electrons. The molecule has 2 unspecified atom stereocenters. The number of anilines is 1. The molecular formula is C13H15FN2O. The van der Waals surface area contributed by atoms with Gasteiger partial charge in [-0.05, 0) is 31.4 Å². The van der Waals surface area contributed by atoms with Crippen LogP contribution < -0.4 is 5.32 Å². The quantitative estimate of drug-likeness (QED) is 0.874. The van der Waals surface area contributed by atoms with Gasteiger partial charge in [-0.15, -0.1) is 0 Å². The third-order valence-electron chi connectivity index (χ3n) is 3.20. The van der Waals surface area contributed by atoms with E-state index in [-0.39, 0.29) is 17.7 Å². The largest absolute Gasteiger partial charge is 0.381 e. The van der Waals surface area contributed by atoms with Crippen LogP contribution in [0.15, 0.2) is 18.2 Å². The first-order chi connectivity index (χ1) is 8.24. The summed E-state index contributed by atoms with van der Waals surface area (Å²) in [5.41, 5.74) is 0.669. The van der Waals surface area contributed by atoms with Gasteiger partial charge in [-0.3, -0.25) is 0 Å². The Kier molecular flexibility index (Phi) is 3.60. The smallest absolute Gasteiger partial charge is 0.143 e. The highest BCUT2D eigenvalue weighted by molar-refractivity contribution is 5.58. The molecule has 1 aromatic rings. The van der Waals surface area contributed by atoms with Gasteiger partial charge in [0.25, 0.3) is 0 Å². The Morgan fingerprint density at radius 2 is 2.29 bits per heavy atom. The SMILES string of the molecule is COC1CCC(Nc2cccc(F)c2C#N)C1. The second kappa shape index (κ2) is 5.15. The lowest BCUT2D eigenvalue weighted by atomic mass is 10.1. The molecule has 1 fully saturated rings. The van der Waals surface area contributed by atoms with Crippen molar-refractivity contribution in [3.63, 3.8) is 0 Å². The number of ether oxygens (including phenoxy) is 1. The van der Waals surface area contributed by atoms with E-state index < -0.39 is 5.82 Å². The normalized spacial score (nSPS) is 23.4. The van der Waals surface area contributed by atoms with Gasteiger partial charge >= 0.3 is 0 Å². The molecule has 0 aromatic heterocycles. The summed E-state index contributed by atoms with van der Waals surface area (Å²) in [5.74, 6) is -0.473. The number of hydrogen-bond acceptors (Lipinski definition) is 3. The Morgan fingerprint density at radius 1 is 1.47 bits per heavy atom. The molecule has 1 aromatic carbocycles. The van der Waals surface area contributed by atoms with Gasteiger partial charge in [0.1, 0.15) is 17.4 Å². The van der Waals surface area contributed by atoms with Gasteiger partial charge in [-0.1, -0.05) is 6.07 Å². The van der Waals surface area contributed by atoms with Crippen LogP contribution in [0.3, 0.4) is 0 Å². The number of nitriles is 1. The van der Waals surface area contributed by atoms with Crippen molar-refractivity contribution in [3.05, 3.63) is 29.6 Å². The summed E-state index contributed by atoms with van der Waals surface area (Å²) in [6, 6.07) is 6.80. The number of benzene rings is 1. The second-order valence-electron chi connectivity index (χ2n) is 4.29. The topological polar surface area (TPSA) is 45.0 Å². The molecule has 17 heavy (non-hydrogen) atoms. The molecule has 3 nitrogen and oxygen atoms in total. The average molecular weight is 234 g/mol. The highest BCUT2D eigenvalue weighted by atomic mass is 19.1. The van der Waals surface area contributed by atoms with E-state index >= 15 is 0 Å². The van der Waals surface area contributed by atoms with Crippen LogP contribution in [0.25, 0.3) is 0 Å². The van der Waals surface area contributed by atoms with Gasteiger partial charge < -0.3 is 10.1 Å². The first-order valence-corrected chi connectivity index (χ1v) is 5.72. The first kappa shape index (κ1) is 11.9. The summed E-state index contributed by atoms with van der Waals surface area (Å²) in [6.07, 6.45) is 3.16. The summed E-state index contributed by atoms with van der Waals surface area (Å²) in [6.45, 7) is 0. The molecule has 0 heterocycles. The van der Waals surface area contributed by atoms with Crippen LogP contribution in [0.5, 0.6) is 0 Å². The van der Waals surface area contributed by atoms with Gasteiger partial charge in [-0.25, -0.2) is 4.39 Å². The van der Waals surface area contributed by atoms with Crippen LogP contribution in [0.4, 0.5) is 10.1 Å². The zero-order valence-corrected chi connectivity index (χ0v) is 9.74. The van der Waals surface area contributed by atoms with E-state index in [4.69, 9.17) is 10.00 Å². The molecule has 0 bridgehead atoms. The fraction of sp³-hybridized carbons (Fsp3) is 0.462. The molecule has 1 aliphatic rings. The number of rotatable bonds is 3. The number of halogens is 1. The van der Waals surface area contributed by atoms with E-state index in [1.165, 1.54) is 6.07 Å². The van der Waals surface area contributed by atoms with Crippen LogP contribution in [0, 0.1) is 17.1 Å². The molecule has 0 spiro atoms. The maximum Gasteiger partial charge on any atom is 0.143 e. The fourth-order valence-electron chi connectivity index (χ4n) is 2.26. The minimum atomic E-state index is -0.473. The summed E-state index contributed by atoms with van der Waals surface area (Å²) in [5, 5.41) is 12.1. The highest BCUT2D eigenvalue weighted by Gasteiger charge is 2.25. The van der Waals surface area contributed by atoms with E-state index in [0.29, 0.717) is 5.69 Å². The van der Waals surface area contributed by atoms with Crippen molar-refractivity contribution in [2.24, 2.45) is 0 Å². The molecule has 0 aliphatic heterocycles. The zero-order chi connectivity index (χ0) is 12.3.